The Bertz CT molecular complexity index is 3840. The highest BCUT2D eigenvalue weighted by molar-refractivity contribution is 5.97. The van der Waals surface area contributed by atoms with Crippen LogP contribution in [0.5, 0.6) is 11.5 Å². The van der Waals surface area contributed by atoms with E-state index in [1.54, 1.807) is 24.3 Å². The van der Waals surface area contributed by atoms with Crippen LogP contribution in [-0.2, 0) is 41.5 Å². The van der Waals surface area contributed by atoms with Gasteiger partial charge in [-0.15, -0.1) is 0 Å². The lowest BCUT2D eigenvalue weighted by molar-refractivity contribution is -0.115. The van der Waals surface area contributed by atoms with Gasteiger partial charge in [-0.05, 0) is 110 Å². The minimum Gasteiger partial charge on any atom is -0.490 e. The number of amides is 4. The molecule has 20 heteroatoms. The van der Waals surface area contributed by atoms with Crippen molar-refractivity contribution in [1.82, 2.24) is 29.9 Å². The third-order valence-corrected chi connectivity index (χ3v) is 16.8. The number of pyridine rings is 2. The number of benzene rings is 2. The van der Waals surface area contributed by atoms with E-state index in [2.05, 4.69) is 104 Å². The van der Waals surface area contributed by atoms with Crippen molar-refractivity contribution >= 4 is 105 Å². The fourth-order valence-electron chi connectivity index (χ4n) is 12.1. The molecule has 0 aliphatic carbocycles. The molecule has 20 nitrogen and oxygen atoms in total. The SMILES string of the molecule is CCCCCCCCCCCc1c2nc(c(-c3ccc(C(=O)OCCOc4cc(NC(C)=O)nc(NC(C)=O)c4)cc3)c3ccc([nH]3)c(CCCCCCCCCCC)c3nc(c(-c4ccc(C(=O)OCCOc5cc(NC(C)=O)nc(NC(C)=O)c5)cc4)c4ccc1[nH]4)C=C3)C=C2. The van der Waals surface area contributed by atoms with Crippen LogP contribution < -0.4 is 30.7 Å². The van der Waals surface area contributed by atoms with Crippen LogP contribution in [0.4, 0.5) is 23.3 Å². The summed E-state index contributed by atoms with van der Waals surface area (Å²) in [7, 11) is 0. The molecule has 4 amide bonds. The normalized spacial score (nSPS) is 11.5. The maximum Gasteiger partial charge on any atom is 0.338 e. The molecule has 0 saturated heterocycles. The largest absolute Gasteiger partial charge is 0.490 e. The van der Waals surface area contributed by atoms with Gasteiger partial charge in [-0.3, -0.25) is 19.2 Å². The standard InChI is InChI=1S/C78H92N10O10/c1-7-9-11-13-15-17-19-21-23-25-61-63-35-39-67(83-63)75(55-27-31-57(32-28-55)77(93)97-45-43-95-59-47-71(79-51(3)89)87-72(48-59)80-52(4)90)69-41-37-65(85-69)62(26-24-22-20-18-16-14-12-10-8-2)66-38-42-70(86-66)76(68-40-36-64(61)84-68)56-29-33-58(34-30-56)78(94)98-46-44-96-60-49-73(81-53(5)91)88-74(50-60)82-54(6)92/h27-42,47-50,83,86H,7-26,43-46H2,1-6H3,(H2,79,80,87,89,90)(H2,81,82,88,91,92). The van der Waals surface area contributed by atoms with Gasteiger partial charge in [0.25, 0.3) is 0 Å². The first-order valence-corrected chi connectivity index (χ1v) is 34.7. The van der Waals surface area contributed by atoms with Gasteiger partial charge in [0.05, 0.1) is 33.9 Å². The molecule has 0 atom stereocenters. The molecule has 7 aromatic rings. The second-order valence-electron chi connectivity index (χ2n) is 24.9. The van der Waals surface area contributed by atoms with E-state index in [-0.39, 0.29) is 73.3 Å². The van der Waals surface area contributed by atoms with Gasteiger partial charge in [0.2, 0.25) is 23.6 Å². The van der Waals surface area contributed by atoms with E-state index in [0.29, 0.717) is 22.6 Å². The average Bonchev–Trinajstić information content (AvgIpc) is 1.62. The predicted octanol–water partition coefficient (Wildman–Crippen LogP) is 17.2. The van der Waals surface area contributed by atoms with Crippen molar-refractivity contribution in [3.05, 3.63) is 142 Å². The Kier molecular flexibility index (Phi) is 27.0. The number of carbonyl (C=O) groups is 6. The van der Waals surface area contributed by atoms with Gasteiger partial charge in [-0.25, -0.2) is 29.5 Å². The smallest absolute Gasteiger partial charge is 0.338 e. The van der Waals surface area contributed by atoms with E-state index in [1.165, 1.54) is 129 Å². The summed E-state index contributed by atoms with van der Waals surface area (Å²) in [5.74, 6) is -1.03. The molecule has 9 rings (SSSR count). The Labute approximate surface area is 573 Å². The van der Waals surface area contributed by atoms with Crippen LogP contribution in [0.25, 0.3) is 68.6 Å². The number of hydrogen-bond acceptors (Lipinski definition) is 14. The zero-order chi connectivity index (χ0) is 69.2. The monoisotopic (exact) mass is 1330 g/mol. The first-order chi connectivity index (χ1) is 47.6. The highest BCUT2D eigenvalue weighted by atomic mass is 16.6. The van der Waals surface area contributed by atoms with E-state index >= 15 is 0 Å². The van der Waals surface area contributed by atoms with Gasteiger partial charge >= 0.3 is 11.9 Å². The number of H-pyrrole nitrogens is 2. The Morgan fingerprint density at radius 1 is 0.357 bits per heavy atom. The maximum absolute atomic E-state index is 13.6. The number of aromatic nitrogens is 6. The molecule has 0 spiro atoms. The predicted molar refractivity (Wildman–Crippen MR) is 389 cm³/mol. The zero-order valence-electron chi connectivity index (χ0n) is 57.4. The van der Waals surface area contributed by atoms with Crippen molar-refractivity contribution < 1.29 is 47.7 Å². The summed E-state index contributed by atoms with van der Waals surface area (Å²) in [6.07, 6.45) is 31.4. The molecule has 5 aromatic heterocycles. The first kappa shape index (κ1) is 72.0. The zero-order valence-corrected chi connectivity index (χ0v) is 57.4. The number of fused-ring (bicyclic) bond motifs is 8. The molecule has 2 aromatic carbocycles. The van der Waals surface area contributed by atoms with Crippen molar-refractivity contribution in [2.24, 2.45) is 0 Å². The highest BCUT2D eigenvalue weighted by Gasteiger charge is 2.21. The van der Waals surface area contributed by atoms with E-state index < -0.39 is 11.9 Å². The molecule has 7 heterocycles. The van der Waals surface area contributed by atoms with Gasteiger partial charge < -0.3 is 50.2 Å². The van der Waals surface area contributed by atoms with Crippen molar-refractivity contribution in [2.45, 2.75) is 170 Å². The van der Waals surface area contributed by atoms with Crippen molar-refractivity contribution in [3.8, 4) is 33.8 Å². The molecule has 0 saturated carbocycles. The van der Waals surface area contributed by atoms with Crippen molar-refractivity contribution in [3.63, 3.8) is 0 Å². The number of nitrogens with one attached hydrogen (secondary N) is 6. The number of nitrogens with zero attached hydrogens (tertiary/aromatic N) is 4. The second-order valence-corrected chi connectivity index (χ2v) is 24.9. The third kappa shape index (κ3) is 21.4. The van der Waals surface area contributed by atoms with Crippen molar-refractivity contribution in [1.29, 1.82) is 0 Å². The summed E-state index contributed by atoms with van der Waals surface area (Å²) in [6.45, 7) is 9.72. The Balaban J connectivity index is 1.05. The number of aryl methyl sites for hydroxylation is 2. The number of anilines is 4. The molecule has 0 fully saturated rings. The van der Waals surface area contributed by atoms with Gasteiger partial charge in [-0.2, -0.15) is 0 Å². The minimum atomic E-state index is -0.536. The molecule has 2 aliphatic heterocycles. The molecule has 0 radical (unpaired) electrons. The fraction of sp³-hybridized carbons (Fsp3) is 0.385. The van der Waals surface area contributed by atoms with Gasteiger partial charge in [0.15, 0.2) is 0 Å². The number of esters is 2. The van der Waals surface area contributed by atoms with E-state index in [1.807, 2.05) is 24.3 Å². The number of unbranched alkanes of at least 4 members (excludes halogenated alkanes) is 16. The van der Waals surface area contributed by atoms with E-state index in [9.17, 15) is 28.8 Å². The molecule has 6 N–H and O–H groups in total. The number of ether oxygens (including phenoxy) is 4. The Hall–Kier alpha value is -10.2. The number of hydrogen-bond donors (Lipinski definition) is 6. The lowest BCUT2D eigenvalue weighted by Gasteiger charge is -2.11. The minimum absolute atomic E-state index is 0.00780. The lowest BCUT2D eigenvalue weighted by Crippen LogP contribution is -2.14. The van der Waals surface area contributed by atoms with Gasteiger partial charge in [0.1, 0.15) is 61.2 Å². The van der Waals surface area contributed by atoms with Gasteiger partial charge in [0, 0.05) is 96.3 Å². The van der Waals surface area contributed by atoms with Crippen LogP contribution in [0.1, 0.15) is 212 Å². The topological polar surface area (TPSA) is 271 Å². The van der Waals surface area contributed by atoms with E-state index in [4.69, 9.17) is 28.9 Å². The molecule has 2 aliphatic rings. The number of aromatic amines is 2. The molecular formula is C78H92N10O10. The van der Waals surface area contributed by atoms with Crippen LogP contribution in [0.15, 0.2) is 97.1 Å². The van der Waals surface area contributed by atoms with Gasteiger partial charge in [-0.1, -0.05) is 141 Å². The second kappa shape index (κ2) is 36.8. The van der Waals surface area contributed by atoms with Crippen LogP contribution in [0.2, 0.25) is 0 Å². The lowest BCUT2D eigenvalue weighted by atomic mass is 10.0. The average molecular weight is 1330 g/mol. The first-order valence-electron chi connectivity index (χ1n) is 34.7. The Morgan fingerprint density at radius 2 is 0.663 bits per heavy atom. The van der Waals surface area contributed by atoms with Crippen LogP contribution in [0.3, 0.4) is 0 Å². The summed E-state index contributed by atoms with van der Waals surface area (Å²) in [6, 6.07) is 29.3. The Morgan fingerprint density at radius 3 is 0.990 bits per heavy atom. The quantitative estimate of drug-likeness (QED) is 0.0157. The highest BCUT2D eigenvalue weighted by Crippen LogP contribution is 2.36. The fourth-order valence-corrected chi connectivity index (χ4v) is 12.1. The molecule has 514 valence electrons. The van der Waals surface area contributed by atoms with E-state index in [0.717, 1.165) is 130 Å². The number of carbonyl (C=O) groups excluding carboxylic acids is 6. The van der Waals surface area contributed by atoms with Crippen LogP contribution >= 0.6 is 0 Å². The molecule has 0 unspecified atom stereocenters. The van der Waals surface area contributed by atoms with Crippen LogP contribution in [-0.4, -0.2) is 91.9 Å². The molecular weight excluding hydrogens is 1240 g/mol. The molecule has 8 bridgehead atoms. The summed E-state index contributed by atoms with van der Waals surface area (Å²) in [4.78, 5) is 102. The van der Waals surface area contributed by atoms with Crippen LogP contribution in [0, 0.1) is 0 Å². The summed E-state index contributed by atoms with van der Waals surface area (Å²) in [5, 5.41) is 10.4. The maximum atomic E-state index is 13.6. The third-order valence-electron chi connectivity index (χ3n) is 16.8. The molecule has 98 heavy (non-hydrogen) atoms. The van der Waals surface area contributed by atoms with Crippen molar-refractivity contribution in [2.75, 3.05) is 47.7 Å². The summed E-state index contributed by atoms with van der Waals surface area (Å²) in [5.41, 5.74) is 13.1. The summed E-state index contributed by atoms with van der Waals surface area (Å²) >= 11 is 0. The summed E-state index contributed by atoms with van der Waals surface area (Å²) < 4.78 is 23.1. The number of rotatable bonds is 36.